The van der Waals surface area contributed by atoms with E-state index < -0.39 is 0 Å². The maximum atomic E-state index is 9.30. The van der Waals surface area contributed by atoms with Gasteiger partial charge in [0.2, 0.25) is 0 Å². The third-order valence-corrected chi connectivity index (χ3v) is 2.72. The standard InChI is InChI=1S/C12H12BrNO/c1-8(15)4-9-5-10-6-11(13)2-3-12(10)14-7-9/h2-3,5-8,15H,4H2,1H3. The maximum Gasteiger partial charge on any atom is 0.0702 e. The number of rotatable bonds is 2. The Balaban J connectivity index is 2.45. The van der Waals surface area contributed by atoms with Crippen LogP contribution in [0.2, 0.25) is 0 Å². The van der Waals surface area contributed by atoms with Gasteiger partial charge in [-0.15, -0.1) is 0 Å². The van der Waals surface area contributed by atoms with Gasteiger partial charge in [-0.2, -0.15) is 0 Å². The average Bonchev–Trinajstić information content (AvgIpc) is 2.16. The zero-order valence-electron chi connectivity index (χ0n) is 8.44. The Morgan fingerprint density at radius 2 is 2.20 bits per heavy atom. The number of halogens is 1. The van der Waals surface area contributed by atoms with Gasteiger partial charge in [0.25, 0.3) is 0 Å². The number of hydrogen-bond donors (Lipinski definition) is 1. The number of benzene rings is 1. The summed E-state index contributed by atoms with van der Waals surface area (Å²) in [6, 6.07) is 8.06. The summed E-state index contributed by atoms with van der Waals surface area (Å²) < 4.78 is 1.05. The fourth-order valence-electron chi connectivity index (χ4n) is 1.60. The molecule has 78 valence electrons. The molecule has 0 aliphatic carbocycles. The van der Waals surface area contributed by atoms with Gasteiger partial charge in [-0.3, -0.25) is 4.98 Å². The van der Waals surface area contributed by atoms with Crippen molar-refractivity contribution in [1.29, 1.82) is 0 Å². The van der Waals surface area contributed by atoms with Gasteiger partial charge in [-0.25, -0.2) is 0 Å². The summed E-state index contributed by atoms with van der Waals surface area (Å²) >= 11 is 3.43. The van der Waals surface area contributed by atoms with Crippen LogP contribution < -0.4 is 0 Å². The third kappa shape index (κ3) is 2.55. The minimum atomic E-state index is -0.323. The number of hydrogen-bond acceptors (Lipinski definition) is 2. The van der Waals surface area contributed by atoms with Gasteiger partial charge in [0, 0.05) is 16.1 Å². The minimum Gasteiger partial charge on any atom is -0.393 e. The molecule has 15 heavy (non-hydrogen) atoms. The first kappa shape index (κ1) is 10.6. The molecular formula is C12H12BrNO. The molecule has 0 saturated heterocycles. The zero-order valence-corrected chi connectivity index (χ0v) is 10.0. The summed E-state index contributed by atoms with van der Waals surface area (Å²) in [5.74, 6) is 0. The van der Waals surface area contributed by atoms with Crippen LogP contribution in [0.3, 0.4) is 0 Å². The van der Waals surface area contributed by atoms with Gasteiger partial charge < -0.3 is 5.11 Å². The average molecular weight is 266 g/mol. The monoisotopic (exact) mass is 265 g/mol. The largest absolute Gasteiger partial charge is 0.393 e. The molecule has 0 fully saturated rings. The number of nitrogens with zero attached hydrogens (tertiary/aromatic N) is 1. The first-order valence-corrected chi connectivity index (χ1v) is 5.67. The van der Waals surface area contributed by atoms with E-state index >= 15 is 0 Å². The number of aliphatic hydroxyl groups is 1. The van der Waals surface area contributed by atoms with E-state index in [1.54, 1.807) is 6.92 Å². The lowest BCUT2D eigenvalue weighted by atomic mass is 10.1. The lowest BCUT2D eigenvalue weighted by Crippen LogP contribution is -2.04. The van der Waals surface area contributed by atoms with E-state index in [1.165, 1.54) is 0 Å². The molecule has 1 atom stereocenters. The van der Waals surface area contributed by atoms with E-state index in [2.05, 4.69) is 27.0 Å². The van der Waals surface area contributed by atoms with Gasteiger partial charge in [-0.05, 0) is 43.2 Å². The molecule has 0 spiro atoms. The molecule has 1 unspecified atom stereocenters. The predicted octanol–water partition coefficient (Wildman–Crippen LogP) is 2.92. The molecule has 2 aromatic rings. The Morgan fingerprint density at radius 3 is 2.93 bits per heavy atom. The second kappa shape index (κ2) is 4.29. The van der Waals surface area contributed by atoms with Gasteiger partial charge in [0.05, 0.1) is 11.6 Å². The van der Waals surface area contributed by atoms with E-state index in [4.69, 9.17) is 0 Å². The van der Waals surface area contributed by atoms with Gasteiger partial charge in [0.15, 0.2) is 0 Å². The molecule has 1 N–H and O–H groups in total. The highest BCUT2D eigenvalue weighted by Gasteiger charge is 2.02. The van der Waals surface area contributed by atoms with Crippen molar-refractivity contribution in [2.75, 3.05) is 0 Å². The van der Waals surface area contributed by atoms with Crippen molar-refractivity contribution in [2.45, 2.75) is 19.4 Å². The van der Waals surface area contributed by atoms with Gasteiger partial charge in [0.1, 0.15) is 0 Å². The fraction of sp³-hybridized carbons (Fsp3) is 0.250. The van der Waals surface area contributed by atoms with Crippen LogP contribution in [-0.4, -0.2) is 16.2 Å². The van der Waals surface area contributed by atoms with E-state index in [0.29, 0.717) is 6.42 Å². The Kier molecular flexibility index (Phi) is 3.03. The van der Waals surface area contributed by atoms with E-state index in [1.807, 2.05) is 24.4 Å². The fourth-order valence-corrected chi connectivity index (χ4v) is 1.98. The van der Waals surface area contributed by atoms with Crippen LogP contribution in [0.5, 0.6) is 0 Å². The van der Waals surface area contributed by atoms with Crippen molar-refractivity contribution < 1.29 is 5.11 Å². The van der Waals surface area contributed by atoms with E-state index in [-0.39, 0.29) is 6.10 Å². The molecule has 2 nitrogen and oxygen atoms in total. The minimum absolute atomic E-state index is 0.323. The SMILES string of the molecule is CC(O)Cc1cnc2ccc(Br)cc2c1. The third-order valence-electron chi connectivity index (χ3n) is 2.23. The van der Waals surface area contributed by atoms with E-state index in [9.17, 15) is 5.11 Å². The van der Waals surface area contributed by atoms with Crippen LogP contribution in [0.15, 0.2) is 34.9 Å². The summed E-state index contributed by atoms with van der Waals surface area (Å²) in [7, 11) is 0. The molecular weight excluding hydrogens is 254 g/mol. The highest BCUT2D eigenvalue weighted by Crippen LogP contribution is 2.19. The van der Waals surface area contributed by atoms with Crippen molar-refractivity contribution in [3.05, 3.63) is 40.5 Å². The summed E-state index contributed by atoms with van der Waals surface area (Å²) in [6.07, 6.45) is 2.15. The molecule has 3 heteroatoms. The van der Waals surface area contributed by atoms with Crippen LogP contribution in [0.25, 0.3) is 10.9 Å². The van der Waals surface area contributed by atoms with Crippen molar-refractivity contribution >= 4 is 26.8 Å². The lowest BCUT2D eigenvalue weighted by Gasteiger charge is -2.05. The molecule has 0 aliphatic heterocycles. The smallest absolute Gasteiger partial charge is 0.0702 e. The number of pyridine rings is 1. The van der Waals surface area contributed by atoms with Crippen LogP contribution in [0, 0.1) is 0 Å². The Bertz CT molecular complexity index is 482. The first-order valence-electron chi connectivity index (χ1n) is 4.87. The predicted molar refractivity (Wildman–Crippen MR) is 64.8 cm³/mol. The zero-order chi connectivity index (χ0) is 10.8. The Morgan fingerprint density at radius 1 is 1.40 bits per heavy atom. The lowest BCUT2D eigenvalue weighted by molar-refractivity contribution is 0.195. The summed E-state index contributed by atoms with van der Waals surface area (Å²) in [5, 5.41) is 10.4. The summed E-state index contributed by atoms with van der Waals surface area (Å²) in [6.45, 7) is 1.78. The first-order chi connectivity index (χ1) is 7.15. The number of aromatic nitrogens is 1. The molecule has 1 aromatic carbocycles. The summed E-state index contributed by atoms with van der Waals surface area (Å²) in [4.78, 5) is 4.34. The van der Waals surface area contributed by atoms with Crippen LogP contribution in [0.4, 0.5) is 0 Å². The molecule has 0 radical (unpaired) electrons. The molecule has 1 heterocycles. The van der Waals surface area contributed by atoms with Gasteiger partial charge in [-0.1, -0.05) is 15.9 Å². The normalized spacial score (nSPS) is 13.0. The topological polar surface area (TPSA) is 33.1 Å². The molecule has 0 aliphatic rings. The van der Waals surface area contributed by atoms with Crippen LogP contribution >= 0.6 is 15.9 Å². The Hall–Kier alpha value is -0.930. The quantitative estimate of drug-likeness (QED) is 0.906. The highest BCUT2D eigenvalue weighted by molar-refractivity contribution is 9.10. The second-order valence-corrected chi connectivity index (χ2v) is 4.65. The van der Waals surface area contributed by atoms with Crippen molar-refractivity contribution in [3.8, 4) is 0 Å². The van der Waals surface area contributed by atoms with Crippen LogP contribution in [0.1, 0.15) is 12.5 Å². The van der Waals surface area contributed by atoms with Gasteiger partial charge >= 0.3 is 0 Å². The highest BCUT2D eigenvalue weighted by atomic mass is 79.9. The molecule has 1 aromatic heterocycles. The second-order valence-electron chi connectivity index (χ2n) is 3.73. The van der Waals surface area contributed by atoms with E-state index in [0.717, 1.165) is 20.9 Å². The van der Waals surface area contributed by atoms with Crippen molar-refractivity contribution in [2.24, 2.45) is 0 Å². The molecule has 0 amide bonds. The molecule has 0 bridgehead atoms. The van der Waals surface area contributed by atoms with Crippen molar-refractivity contribution in [3.63, 3.8) is 0 Å². The van der Waals surface area contributed by atoms with Crippen molar-refractivity contribution in [1.82, 2.24) is 4.98 Å². The summed E-state index contributed by atoms with van der Waals surface area (Å²) in [5.41, 5.74) is 2.04. The maximum absolute atomic E-state index is 9.30. The molecule has 2 rings (SSSR count). The molecule has 0 saturated carbocycles. The number of fused-ring (bicyclic) bond motifs is 1. The Labute approximate surface area is 97.1 Å². The van der Waals surface area contributed by atoms with Crippen LogP contribution in [-0.2, 0) is 6.42 Å². The number of aliphatic hydroxyl groups excluding tert-OH is 1.